The van der Waals surface area contributed by atoms with Crippen molar-refractivity contribution in [2.75, 3.05) is 5.88 Å². The van der Waals surface area contributed by atoms with Gasteiger partial charge in [-0.2, -0.15) is 0 Å². The van der Waals surface area contributed by atoms with Crippen LogP contribution in [0.5, 0.6) is 0 Å². The van der Waals surface area contributed by atoms with E-state index in [4.69, 9.17) is 26.6 Å². The summed E-state index contributed by atoms with van der Waals surface area (Å²) in [6.07, 6.45) is 1.43. The average molecular weight is 221 g/mol. The Kier molecular flexibility index (Phi) is 6.62. The summed E-state index contributed by atoms with van der Waals surface area (Å²) >= 11 is 5.54. The lowest BCUT2D eigenvalue weighted by molar-refractivity contribution is -0.122. The Bertz CT molecular complexity index is 221. The van der Waals surface area contributed by atoms with E-state index >= 15 is 0 Å². The van der Waals surface area contributed by atoms with Crippen molar-refractivity contribution >= 4 is 11.6 Å². The first-order valence-electron chi connectivity index (χ1n) is 4.45. The van der Waals surface area contributed by atoms with Gasteiger partial charge >= 0.3 is 0 Å². The Morgan fingerprint density at radius 3 is 2.43 bits per heavy atom. The highest BCUT2D eigenvalue weighted by Crippen LogP contribution is 2.14. The summed E-state index contributed by atoms with van der Waals surface area (Å²) in [5.74, 6) is 1.02. The third-order valence-electron chi connectivity index (χ3n) is 1.77. The zero-order valence-electron chi connectivity index (χ0n) is 8.70. The largest absolute Gasteiger partial charge is 0.486 e. The molecule has 0 aliphatic carbocycles. The second-order valence-electron chi connectivity index (χ2n) is 2.93. The molecule has 0 saturated carbocycles. The molecule has 0 aliphatic rings. The molecule has 3 nitrogen and oxygen atoms in total. The van der Waals surface area contributed by atoms with Crippen LogP contribution in [0.15, 0.2) is 23.5 Å². The molecule has 2 N–H and O–H groups in total. The lowest BCUT2D eigenvalue weighted by atomic mass is 10.2. The fourth-order valence-corrected chi connectivity index (χ4v) is 1.10. The molecule has 0 aliphatic heterocycles. The van der Waals surface area contributed by atoms with Crippen molar-refractivity contribution in [1.29, 1.82) is 0 Å². The van der Waals surface area contributed by atoms with E-state index in [1.165, 1.54) is 0 Å². The van der Waals surface area contributed by atoms with E-state index in [1.807, 2.05) is 13.8 Å². The smallest absolute Gasteiger partial charge is 0.189 e. The van der Waals surface area contributed by atoms with E-state index in [9.17, 15) is 0 Å². The Morgan fingerprint density at radius 1 is 1.50 bits per heavy atom. The minimum absolute atomic E-state index is 0.405. The second-order valence-corrected chi connectivity index (χ2v) is 3.24. The van der Waals surface area contributed by atoms with Crippen molar-refractivity contribution in [2.24, 2.45) is 0 Å². The van der Waals surface area contributed by atoms with Crippen LogP contribution in [-0.2, 0) is 4.74 Å². The van der Waals surface area contributed by atoms with Gasteiger partial charge in [0.05, 0.1) is 0 Å². The van der Waals surface area contributed by atoms with Crippen LogP contribution in [0.2, 0.25) is 0 Å². The van der Waals surface area contributed by atoms with Gasteiger partial charge in [-0.3, -0.25) is 0 Å². The van der Waals surface area contributed by atoms with Crippen LogP contribution < -0.4 is 0 Å². The van der Waals surface area contributed by atoms with Crippen LogP contribution in [0.4, 0.5) is 0 Å². The van der Waals surface area contributed by atoms with Crippen LogP contribution in [0.25, 0.3) is 0 Å². The molecular formula is C10H17ClO3. The lowest BCUT2D eigenvalue weighted by Crippen LogP contribution is -2.25. The third kappa shape index (κ3) is 4.65. The van der Waals surface area contributed by atoms with Gasteiger partial charge in [0.15, 0.2) is 6.29 Å². The normalized spacial score (nSPS) is 15.9. The number of allylic oxidation sites excluding steroid dienone is 3. The first kappa shape index (κ1) is 13.5. The van der Waals surface area contributed by atoms with Gasteiger partial charge in [-0.15, -0.1) is 11.6 Å². The molecule has 82 valence electrons. The minimum atomic E-state index is -1.48. The summed E-state index contributed by atoms with van der Waals surface area (Å²) in [6, 6.07) is 0. The molecule has 0 fully saturated rings. The molecule has 0 aromatic carbocycles. The standard InChI is InChI=1S/C10H17ClO3/c1-4-9(7(2)5-6-11)14-8(3)10(12)13/h4-5,8,10,12-13H,6H2,1-3H3/b7-5-,9-4+. The Morgan fingerprint density at radius 2 is 2.07 bits per heavy atom. The molecule has 0 aromatic heterocycles. The first-order valence-corrected chi connectivity index (χ1v) is 4.98. The van der Waals surface area contributed by atoms with Crippen LogP contribution >= 0.6 is 11.6 Å². The SMILES string of the molecule is C/C=C(OC(C)C(O)O)\C(C)=C/CCl. The number of alkyl halides is 1. The number of rotatable bonds is 5. The van der Waals surface area contributed by atoms with E-state index in [0.717, 1.165) is 5.57 Å². The average Bonchev–Trinajstić information content (AvgIpc) is 2.13. The van der Waals surface area contributed by atoms with Gasteiger partial charge in [0.25, 0.3) is 0 Å². The van der Waals surface area contributed by atoms with Crippen molar-refractivity contribution in [3.8, 4) is 0 Å². The zero-order valence-corrected chi connectivity index (χ0v) is 9.45. The van der Waals surface area contributed by atoms with Crippen molar-refractivity contribution < 1.29 is 14.9 Å². The van der Waals surface area contributed by atoms with E-state index in [-0.39, 0.29) is 0 Å². The molecule has 1 unspecified atom stereocenters. The lowest BCUT2D eigenvalue weighted by Gasteiger charge is -2.18. The summed E-state index contributed by atoms with van der Waals surface area (Å²) < 4.78 is 5.31. The van der Waals surface area contributed by atoms with Crippen LogP contribution in [0.1, 0.15) is 20.8 Å². The summed E-state index contributed by atoms with van der Waals surface area (Å²) in [5, 5.41) is 17.7. The van der Waals surface area contributed by atoms with Crippen LogP contribution in [-0.4, -0.2) is 28.5 Å². The molecule has 1 atom stereocenters. The summed E-state index contributed by atoms with van der Waals surface area (Å²) in [5.41, 5.74) is 0.884. The monoisotopic (exact) mass is 220 g/mol. The molecule has 4 heteroatoms. The number of aliphatic hydroxyl groups excluding tert-OH is 1. The van der Waals surface area contributed by atoms with Crippen molar-refractivity contribution in [3.05, 3.63) is 23.5 Å². The van der Waals surface area contributed by atoms with Gasteiger partial charge in [-0.25, -0.2) is 0 Å². The second kappa shape index (κ2) is 6.87. The van der Waals surface area contributed by atoms with E-state index in [1.54, 1.807) is 19.1 Å². The summed E-state index contributed by atoms with van der Waals surface area (Å²) in [4.78, 5) is 0. The summed E-state index contributed by atoms with van der Waals surface area (Å²) in [6.45, 7) is 5.26. The molecule has 0 saturated heterocycles. The molecular weight excluding hydrogens is 204 g/mol. The highest BCUT2D eigenvalue weighted by atomic mass is 35.5. The molecule has 0 aromatic rings. The van der Waals surface area contributed by atoms with Gasteiger partial charge in [0.2, 0.25) is 0 Å². The predicted molar refractivity (Wildman–Crippen MR) is 57.0 cm³/mol. The molecule has 0 rings (SSSR count). The number of halogens is 1. The van der Waals surface area contributed by atoms with E-state index < -0.39 is 12.4 Å². The molecule has 0 amide bonds. The van der Waals surface area contributed by atoms with Crippen molar-refractivity contribution in [3.63, 3.8) is 0 Å². The quantitative estimate of drug-likeness (QED) is 0.322. The van der Waals surface area contributed by atoms with Gasteiger partial charge in [0.1, 0.15) is 11.9 Å². The topological polar surface area (TPSA) is 49.7 Å². The molecule has 14 heavy (non-hydrogen) atoms. The van der Waals surface area contributed by atoms with Gasteiger partial charge in [-0.1, -0.05) is 6.08 Å². The molecule has 0 radical (unpaired) electrons. The maximum Gasteiger partial charge on any atom is 0.189 e. The maximum atomic E-state index is 8.83. The van der Waals surface area contributed by atoms with Crippen LogP contribution in [0.3, 0.4) is 0 Å². The zero-order chi connectivity index (χ0) is 11.1. The van der Waals surface area contributed by atoms with Crippen molar-refractivity contribution in [2.45, 2.75) is 33.2 Å². The molecule has 0 spiro atoms. The number of hydrogen-bond acceptors (Lipinski definition) is 3. The van der Waals surface area contributed by atoms with Crippen LogP contribution in [0, 0.1) is 0 Å². The molecule has 0 heterocycles. The number of ether oxygens (including phenoxy) is 1. The minimum Gasteiger partial charge on any atom is -0.486 e. The Hall–Kier alpha value is -0.510. The first-order chi connectivity index (χ1) is 6.52. The maximum absolute atomic E-state index is 8.83. The Labute approximate surface area is 89.6 Å². The highest BCUT2D eigenvalue weighted by Gasteiger charge is 2.13. The fraction of sp³-hybridized carbons (Fsp3) is 0.600. The summed E-state index contributed by atoms with van der Waals surface area (Å²) in [7, 11) is 0. The Balaban J connectivity index is 4.39. The van der Waals surface area contributed by atoms with Gasteiger partial charge in [-0.05, 0) is 32.4 Å². The van der Waals surface area contributed by atoms with Gasteiger partial charge < -0.3 is 14.9 Å². The van der Waals surface area contributed by atoms with E-state index in [2.05, 4.69) is 0 Å². The number of hydrogen-bond donors (Lipinski definition) is 2. The predicted octanol–water partition coefficient (Wildman–Crippen LogP) is 1.79. The van der Waals surface area contributed by atoms with E-state index in [0.29, 0.717) is 11.6 Å². The van der Waals surface area contributed by atoms with Crippen molar-refractivity contribution in [1.82, 2.24) is 0 Å². The highest BCUT2D eigenvalue weighted by molar-refractivity contribution is 6.18. The molecule has 0 bridgehead atoms. The third-order valence-corrected chi connectivity index (χ3v) is 1.92. The van der Waals surface area contributed by atoms with Gasteiger partial charge in [0, 0.05) is 5.88 Å². The number of aliphatic hydroxyl groups is 2. The fourth-order valence-electron chi connectivity index (χ4n) is 0.866.